The van der Waals surface area contributed by atoms with Gasteiger partial charge in [-0.25, -0.2) is 13.7 Å². The van der Waals surface area contributed by atoms with Gasteiger partial charge in [0.15, 0.2) is 0 Å². The summed E-state index contributed by atoms with van der Waals surface area (Å²) in [5, 5.41) is 22.2. The summed E-state index contributed by atoms with van der Waals surface area (Å²) in [5.74, 6) is -0.682. The van der Waals surface area contributed by atoms with Crippen LogP contribution in [0, 0.1) is 5.82 Å². The van der Waals surface area contributed by atoms with Gasteiger partial charge in [0.2, 0.25) is 0 Å². The third-order valence-electron chi connectivity index (χ3n) is 5.79. The number of hydrogen-bond donors (Lipinski definition) is 4. The van der Waals surface area contributed by atoms with Crippen LogP contribution in [0.3, 0.4) is 0 Å². The quantitative estimate of drug-likeness (QED) is 0.451. The van der Waals surface area contributed by atoms with Gasteiger partial charge in [-0.1, -0.05) is 0 Å². The van der Waals surface area contributed by atoms with Crippen molar-refractivity contribution in [3.63, 3.8) is 0 Å². The largest absolute Gasteiger partial charge is 0.465 e. The Morgan fingerprint density at radius 2 is 1.85 bits per heavy atom. The van der Waals surface area contributed by atoms with Gasteiger partial charge in [0.1, 0.15) is 5.82 Å². The fourth-order valence-corrected chi connectivity index (χ4v) is 4.25. The lowest BCUT2D eigenvalue weighted by atomic mass is 9.91. The number of amides is 2. The minimum Gasteiger partial charge on any atom is -0.465 e. The molecule has 3 heterocycles. The van der Waals surface area contributed by atoms with E-state index in [2.05, 4.69) is 26.0 Å². The van der Waals surface area contributed by atoms with Crippen molar-refractivity contribution in [1.29, 1.82) is 0 Å². The topological polar surface area (TPSA) is 121 Å². The second kappa shape index (κ2) is 9.43. The number of carbonyl (C=O) groups is 2. The average Bonchev–Trinajstić information content (AvgIpc) is 3.19. The van der Waals surface area contributed by atoms with Crippen LogP contribution >= 0.6 is 0 Å². The van der Waals surface area contributed by atoms with E-state index in [0.29, 0.717) is 53.6 Å². The maximum absolute atomic E-state index is 14.3. The van der Waals surface area contributed by atoms with Crippen molar-refractivity contribution >= 4 is 23.2 Å². The maximum Gasteiger partial charge on any atom is 0.404 e. The Bertz CT molecular complexity index is 1170. The monoisotopic (exact) mass is 454 g/mol. The molecule has 2 amide bonds. The standard InChI is InChI=1S/C23H27FN6O3/c1-13(2)27-21-18(22(31)28-15-3-5-16(6-4-15)29-23(32)33)10-26-30-12-14(9-20(21)30)17-7-8-25-11-19(17)24/h7-13,15-16,27,29H,3-6H2,1-2H3,(H,28,31)(H,32,33). The zero-order valence-corrected chi connectivity index (χ0v) is 18.5. The lowest BCUT2D eigenvalue weighted by Crippen LogP contribution is -2.43. The molecule has 0 unspecified atom stereocenters. The van der Waals surface area contributed by atoms with E-state index in [0.717, 1.165) is 6.20 Å². The van der Waals surface area contributed by atoms with Crippen molar-refractivity contribution in [1.82, 2.24) is 25.2 Å². The summed E-state index contributed by atoms with van der Waals surface area (Å²) >= 11 is 0. The molecule has 1 aliphatic carbocycles. The molecule has 4 rings (SSSR count). The lowest BCUT2D eigenvalue weighted by Gasteiger charge is -2.29. The van der Waals surface area contributed by atoms with Gasteiger partial charge in [0.25, 0.3) is 5.91 Å². The first-order valence-corrected chi connectivity index (χ1v) is 11.0. The molecule has 0 bridgehead atoms. The third-order valence-corrected chi connectivity index (χ3v) is 5.79. The first-order chi connectivity index (χ1) is 15.8. The van der Waals surface area contributed by atoms with Crippen LogP contribution in [-0.4, -0.2) is 49.8 Å². The highest BCUT2D eigenvalue weighted by Crippen LogP contribution is 2.30. The molecule has 1 saturated carbocycles. The summed E-state index contributed by atoms with van der Waals surface area (Å²) in [6.45, 7) is 3.95. The Balaban J connectivity index is 1.60. The van der Waals surface area contributed by atoms with Gasteiger partial charge in [0.05, 0.1) is 29.2 Å². The van der Waals surface area contributed by atoms with E-state index in [1.165, 1.54) is 12.4 Å². The van der Waals surface area contributed by atoms with Crippen LogP contribution in [0.2, 0.25) is 0 Å². The number of aromatic nitrogens is 3. The fraction of sp³-hybridized carbons (Fsp3) is 0.391. The molecule has 0 spiro atoms. The minimum atomic E-state index is -1.02. The van der Waals surface area contributed by atoms with Gasteiger partial charge in [0, 0.05) is 41.6 Å². The Kier molecular flexibility index (Phi) is 6.43. The van der Waals surface area contributed by atoms with E-state index in [4.69, 9.17) is 5.11 Å². The van der Waals surface area contributed by atoms with E-state index >= 15 is 0 Å². The van der Waals surface area contributed by atoms with Crippen LogP contribution in [0.4, 0.5) is 14.9 Å². The molecule has 0 aromatic carbocycles. The Morgan fingerprint density at radius 3 is 2.48 bits per heavy atom. The molecular weight excluding hydrogens is 427 g/mol. The SMILES string of the molecule is CC(C)Nc1c(C(=O)NC2CCC(NC(=O)O)CC2)cnn2cc(-c3ccncc3F)cc12. The zero-order valence-electron chi connectivity index (χ0n) is 18.5. The van der Waals surface area contributed by atoms with Crippen molar-refractivity contribution in [2.24, 2.45) is 0 Å². The van der Waals surface area contributed by atoms with E-state index in [9.17, 15) is 14.0 Å². The smallest absolute Gasteiger partial charge is 0.404 e. The number of carbonyl (C=O) groups excluding carboxylic acids is 1. The molecule has 1 fully saturated rings. The second-order valence-corrected chi connectivity index (χ2v) is 8.62. The molecule has 0 saturated heterocycles. The van der Waals surface area contributed by atoms with Gasteiger partial charge in [-0.15, -0.1) is 0 Å². The highest BCUT2D eigenvalue weighted by Gasteiger charge is 2.25. The van der Waals surface area contributed by atoms with Crippen molar-refractivity contribution in [3.8, 4) is 11.1 Å². The highest BCUT2D eigenvalue weighted by molar-refractivity contribution is 6.03. The number of hydrogen-bond acceptors (Lipinski definition) is 5. The van der Waals surface area contributed by atoms with Crippen LogP contribution in [0.1, 0.15) is 49.9 Å². The van der Waals surface area contributed by atoms with Gasteiger partial charge in [-0.3, -0.25) is 9.78 Å². The van der Waals surface area contributed by atoms with Gasteiger partial charge >= 0.3 is 6.09 Å². The fourth-order valence-electron chi connectivity index (χ4n) is 4.25. The highest BCUT2D eigenvalue weighted by atomic mass is 19.1. The summed E-state index contributed by atoms with van der Waals surface area (Å²) in [6.07, 6.45) is 7.63. The van der Waals surface area contributed by atoms with Gasteiger partial charge in [-0.05, 0) is 51.7 Å². The van der Waals surface area contributed by atoms with Gasteiger partial charge < -0.3 is 21.1 Å². The minimum absolute atomic E-state index is 0.0410. The summed E-state index contributed by atoms with van der Waals surface area (Å²) < 4.78 is 15.9. The van der Waals surface area contributed by atoms with Crippen molar-refractivity contribution in [2.45, 2.75) is 57.7 Å². The normalized spacial score (nSPS) is 18.3. The van der Waals surface area contributed by atoms with Crippen LogP contribution < -0.4 is 16.0 Å². The zero-order chi connectivity index (χ0) is 23.5. The average molecular weight is 455 g/mol. The molecule has 3 aromatic rings. The molecule has 4 N–H and O–H groups in total. The Morgan fingerprint density at radius 1 is 1.15 bits per heavy atom. The number of nitrogens with zero attached hydrogens (tertiary/aromatic N) is 3. The third kappa shape index (κ3) is 5.05. The predicted molar refractivity (Wildman–Crippen MR) is 122 cm³/mol. The number of anilines is 1. The first kappa shape index (κ1) is 22.5. The summed E-state index contributed by atoms with van der Waals surface area (Å²) in [6, 6.07) is 3.33. The van der Waals surface area contributed by atoms with Crippen LogP contribution in [0.5, 0.6) is 0 Å². The summed E-state index contributed by atoms with van der Waals surface area (Å²) in [5.41, 5.74) is 2.73. The van der Waals surface area contributed by atoms with Crippen LogP contribution in [0.25, 0.3) is 16.6 Å². The Labute approximate surface area is 190 Å². The van der Waals surface area contributed by atoms with E-state index in [1.807, 2.05) is 13.8 Å². The predicted octanol–water partition coefficient (Wildman–Crippen LogP) is 3.66. The molecule has 0 atom stereocenters. The molecule has 10 heteroatoms. The van der Waals surface area contributed by atoms with E-state index in [-0.39, 0.29) is 24.0 Å². The van der Waals surface area contributed by atoms with Crippen molar-refractivity contribution < 1.29 is 19.1 Å². The number of rotatable bonds is 6. The molecule has 1 aliphatic rings. The van der Waals surface area contributed by atoms with Crippen molar-refractivity contribution in [3.05, 3.63) is 48.3 Å². The molecule has 0 radical (unpaired) electrons. The van der Waals surface area contributed by atoms with E-state index < -0.39 is 11.9 Å². The molecule has 9 nitrogen and oxygen atoms in total. The molecule has 33 heavy (non-hydrogen) atoms. The molecule has 3 aromatic heterocycles. The number of carboxylic acid groups (broad SMARTS) is 1. The number of fused-ring (bicyclic) bond motifs is 1. The molecular formula is C23H27FN6O3. The maximum atomic E-state index is 14.3. The second-order valence-electron chi connectivity index (χ2n) is 8.62. The Hall–Kier alpha value is -3.69. The number of pyridine rings is 1. The van der Waals surface area contributed by atoms with Crippen LogP contribution in [-0.2, 0) is 0 Å². The summed E-state index contributed by atoms with van der Waals surface area (Å²) in [4.78, 5) is 27.8. The summed E-state index contributed by atoms with van der Waals surface area (Å²) in [7, 11) is 0. The first-order valence-electron chi connectivity index (χ1n) is 11.0. The number of nitrogens with one attached hydrogen (secondary N) is 3. The van der Waals surface area contributed by atoms with Crippen molar-refractivity contribution in [2.75, 3.05) is 5.32 Å². The molecule has 0 aliphatic heterocycles. The van der Waals surface area contributed by atoms with Gasteiger partial charge in [-0.2, -0.15) is 5.10 Å². The van der Waals surface area contributed by atoms with Crippen LogP contribution in [0.15, 0.2) is 36.9 Å². The lowest BCUT2D eigenvalue weighted by molar-refractivity contribution is 0.0923. The molecule has 174 valence electrons. The number of halogens is 1. The van der Waals surface area contributed by atoms with E-state index in [1.54, 1.807) is 22.8 Å².